The molecule has 0 fully saturated rings. The van der Waals surface area contributed by atoms with Crippen LogP contribution in [0.5, 0.6) is 0 Å². The first kappa shape index (κ1) is 8.92. The lowest BCUT2D eigenvalue weighted by atomic mass is 10.4. The Bertz CT molecular complexity index is 435. The lowest BCUT2D eigenvalue weighted by Crippen LogP contribution is -2.18. The molecule has 0 aliphatic rings. The van der Waals surface area contributed by atoms with E-state index in [1.807, 2.05) is 17.5 Å². The largest absolute Gasteiger partial charge is 0.443 e. The van der Waals surface area contributed by atoms with E-state index in [0.717, 1.165) is 4.88 Å². The zero-order chi connectivity index (χ0) is 9.97. The molecule has 72 valence electrons. The van der Waals surface area contributed by atoms with Crippen molar-refractivity contribution in [3.8, 4) is 10.8 Å². The smallest absolute Gasteiger partial charge is 0.296 e. The van der Waals surface area contributed by atoms with Crippen LogP contribution in [0.2, 0.25) is 0 Å². The predicted molar refractivity (Wildman–Crippen MR) is 49.1 cm³/mol. The molecule has 1 amide bonds. The molecule has 0 radical (unpaired) electrons. The Hall–Kier alpha value is -1.66. The molecule has 5 nitrogen and oxygen atoms in total. The van der Waals surface area contributed by atoms with Crippen molar-refractivity contribution < 1.29 is 14.4 Å². The van der Waals surface area contributed by atoms with E-state index >= 15 is 0 Å². The lowest BCUT2D eigenvalue weighted by molar-refractivity contribution is 0.0700. The molecule has 2 aromatic rings. The summed E-state index contributed by atoms with van der Waals surface area (Å²) in [6.07, 6.45) is 1.20. The van der Waals surface area contributed by atoms with Crippen LogP contribution in [0.4, 0.5) is 0 Å². The Morgan fingerprint density at radius 1 is 1.64 bits per heavy atom. The Balaban J connectivity index is 2.31. The summed E-state index contributed by atoms with van der Waals surface area (Å²) in [5.74, 6) is -0.310. The summed E-state index contributed by atoms with van der Waals surface area (Å²) in [5, 5.41) is 10.2. The summed E-state index contributed by atoms with van der Waals surface area (Å²) < 4.78 is 5.06. The number of hydrogen-bond acceptors (Lipinski definition) is 5. The molecule has 0 aromatic carbocycles. The van der Waals surface area contributed by atoms with Gasteiger partial charge in [-0.05, 0) is 11.4 Å². The van der Waals surface area contributed by atoms with Crippen LogP contribution in [0.25, 0.3) is 10.8 Å². The molecule has 0 aliphatic heterocycles. The summed E-state index contributed by atoms with van der Waals surface area (Å²) in [5.41, 5.74) is 1.53. The van der Waals surface area contributed by atoms with Gasteiger partial charge in [0.2, 0.25) is 5.89 Å². The first-order valence-corrected chi connectivity index (χ1v) is 4.63. The fourth-order valence-corrected chi connectivity index (χ4v) is 1.60. The van der Waals surface area contributed by atoms with Gasteiger partial charge < -0.3 is 4.42 Å². The van der Waals surface area contributed by atoms with Gasteiger partial charge in [-0.2, -0.15) is 0 Å². The van der Waals surface area contributed by atoms with Crippen LogP contribution in [0.15, 0.2) is 28.2 Å². The fourth-order valence-electron chi connectivity index (χ4n) is 0.949. The topological polar surface area (TPSA) is 75.4 Å². The molecule has 6 heteroatoms. The van der Waals surface area contributed by atoms with Gasteiger partial charge >= 0.3 is 0 Å². The monoisotopic (exact) mass is 210 g/mol. The van der Waals surface area contributed by atoms with Crippen molar-refractivity contribution in [2.45, 2.75) is 0 Å². The van der Waals surface area contributed by atoms with E-state index in [0.29, 0.717) is 5.89 Å². The number of carbonyl (C=O) groups excluding carboxylic acids is 1. The average molecular weight is 210 g/mol. The van der Waals surface area contributed by atoms with Crippen molar-refractivity contribution >= 4 is 17.2 Å². The molecule has 2 rings (SSSR count). The van der Waals surface area contributed by atoms with Gasteiger partial charge in [0.15, 0.2) is 5.69 Å². The van der Waals surface area contributed by atoms with Gasteiger partial charge in [0.05, 0.1) is 4.88 Å². The number of amides is 1. The Morgan fingerprint density at radius 3 is 3.14 bits per heavy atom. The number of aromatic nitrogens is 1. The summed E-state index contributed by atoms with van der Waals surface area (Å²) >= 11 is 1.46. The molecule has 2 heterocycles. The first-order chi connectivity index (χ1) is 6.81. The number of thiophene rings is 1. The normalized spacial score (nSPS) is 10.1. The Morgan fingerprint density at radius 2 is 2.50 bits per heavy atom. The van der Waals surface area contributed by atoms with Gasteiger partial charge in [0.25, 0.3) is 5.91 Å². The molecule has 0 saturated heterocycles. The summed E-state index contributed by atoms with van der Waals surface area (Å²) in [6, 6.07) is 3.69. The quantitative estimate of drug-likeness (QED) is 0.582. The molecule has 14 heavy (non-hydrogen) atoms. The van der Waals surface area contributed by atoms with E-state index in [-0.39, 0.29) is 5.69 Å². The van der Waals surface area contributed by atoms with E-state index < -0.39 is 5.91 Å². The standard InChI is InChI=1S/C8H6N2O3S/c11-7(10-12)5-4-13-8(9-5)6-2-1-3-14-6/h1-4,12H,(H,10,11). The van der Waals surface area contributed by atoms with Crippen LogP contribution in [-0.2, 0) is 0 Å². The van der Waals surface area contributed by atoms with Crippen LogP contribution < -0.4 is 5.48 Å². The SMILES string of the molecule is O=C(NO)c1coc(-c2cccs2)n1. The molecule has 0 bridgehead atoms. The molecule has 0 spiro atoms. The van der Waals surface area contributed by atoms with E-state index in [4.69, 9.17) is 9.62 Å². The first-order valence-electron chi connectivity index (χ1n) is 3.75. The van der Waals surface area contributed by atoms with Gasteiger partial charge in [-0.15, -0.1) is 11.3 Å². The summed E-state index contributed by atoms with van der Waals surface area (Å²) in [4.78, 5) is 15.6. The van der Waals surface area contributed by atoms with Gasteiger partial charge in [-0.25, -0.2) is 10.5 Å². The van der Waals surface area contributed by atoms with Crippen molar-refractivity contribution in [2.24, 2.45) is 0 Å². The molecule has 0 unspecified atom stereocenters. The van der Waals surface area contributed by atoms with Crippen molar-refractivity contribution in [3.63, 3.8) is 0 Å². The minimum atomic E-state index is -0.684. The van der Waals surface area contributed by atoms with Gasteiger partial charge in [0, 0.05) is 0 Å². The summed E-state index contributed by atoms with van der Waals surface area (Å²) in [7, 11) is 0. The van der Waals surface area contributed by atoms with Crippen LogP contribution in [-0.4, -0.2) is 16.1 Å². The maximum Gasteiger partial charge on any atom is 0.296 e. The zero-order valence-electron chi connectivity index (χ0n) is 6.93. The second kappa shape index (κ2) is 3.60. The van der Waals surface area contributed by atoms with E-state index in [9.17, 15) is 4.79 Å². The molecule has 0 saturated carbocycles. The van der Waals surface area contributed by atoms with Crippen LogP contribution >= 0.6 is 11.3 Å². The molecule has 2 aromatic heterocycles. The highest BCUT2D eigenvalue weighted by Crippen LogP contribution is 2.23. The van der Waals surface area contributed by atoms with Gasteiger partial charge in [-0.3, -0.25) is 10.0 Å². The highest BCUT2D eigenvalue weighted by Gasteiger charge is 2.12. The number of hydrogen-bond donors (Lipinski definition) is 2. The third-order valence-electron chi connectivity index (χ3n) is 1.57. The Kier molecular flexibility index (Phi) is 2.30. The average Bonchev–Trinajstić information content (AvgIpc) is 2.86. The number of oxazole rings is 1. The van der Waals surface area contributed by atoms with Gasteiger partial charge in [0.1, 0.15) is 6.26 Å². The maximum absolute atomic E-state index is 10.9. The fraction of sp³-hybridized carbons (Fsp3) is 0. The number of nitrogens with one attached hydrogen (secondary N) is 1. The molecular weight excluding hydrogens is 204 g/mol. The zero-order valence-corrected chi connectivity index (χ0v) is 7.75. The van der Waals surface area contributed by atoms with Crippen molar-refractivity contribution in [1.29, 1.82) is 0 Å². The minimum absolute atomic E-state index is 0.0518. The lowest BCUT2D eigenvalue weighted by Gasteiger charge is -1.88. The maximum atomic E-state index is 10.9. The second-order valence-corrected chi connectivity index (χ2v) is 3.40. The van der Waals surface area contributed by atoms with Crippen LogP contribution in [0.1, 0.15) is 10.5 Å². The molecular formula is C8H6N2O3S. The predicted octanol–water partition coefficient (Wildman–Crippen LogP) is 1.52. The molecule has 2 N–H and O–H groups in total. The van der Waals surface area contributed by atoms with Crippen molar-refractivity contribution in [1.82, 2.24) is 10.5 Å². The van der Waals surface area contributed by atoms with Crippen LogP contribution in [0.3, 0.4) is 0 Å². The van der Waals surface area contributed by atoms with Crippen molar-refractivity contribution in [2.75, 3.05) is 0 Å². The highest BCUT2D eigenvalue weighted by molar-refractivity contribution is 7.13. The summed E-state index contributed by atoms with van der Waals surface area (Å²) in [6.45, 7) is 0. The molecule has 0 atom stereocenters. The number of nitrogens with zero attached hydrogens (tertiary/aromatic N) is 1. The Labute approximate surface area is 83.0 Å². The van der Waals surface area contributed by atoms with E-state index in [1.54, 1.807) is 0 Å². The third kappa shape index (κ3) is 1.52. The van der Waals surface area contributed by atoms with E-state index in [2.05, 4.69) is 4.98 Å². The molecule has 0 aliphatic carbocycles. The van der Waals surface area contributed by atoms with E-state index in [1.165, 1.54) is 23.1 Å². The highest BCUT2D eigenvalue weighted by atomic mass is 32.1. The third-order valence-corrected chi connectivity index (χ3v) is 2.43. The number of carbonyl (C=O) groups is 1. The van der Waals surface area contributed by atoms with Crippen molar-refractivity contribution in [3.05, 3.63) is 29.5 Å². The van der Waals surface area contributed by atoms with Gasteiger partial charge in [-0.1, -0.05) is 6.07 Å². The minimum Gasteiger partial charge on any atom is -0.443 e. The number of hydroxylamine groups is 1. The van der Waals surface area contributed by atoms with Crippen LogP contribution in [0, 0.1) is 0 Å². The second-order valence-electron chi connectivity index (χ2n) is 2.46. The number of rotatable bonds is 2.